The van der Waals surface area contributed by atoms with Crippen molar-refractivity contribution in [2.75, 3.05) is 5.01 Å². The van der Waals surface area contributed by atoms with Gasteiger partial charge in [-0.15, -0.1) is 0 Å². The van der Waals surface area contributed by atoms with Gasteiger partial charge >= 0.3 is 0 Å². The zero-order valence-corrected chi connectivity index (χ0v) is 9.70. The first kappa shape index (κ1) is 11.5. The molecule has 1 aromatic carbocycles. The minimum Gasteiger partial charge on any atom is -0.242 e. The first-order valence-corrected chi connectivity index (χ1v) is 5.20. The van der Waals surface area contributed by atoms with Crippen LogP contribution in [0, 0.1) is 6.92 Å². The molecule has 0 aliphatic rings. The van der Waals surface area contributed by atoms with Crippen LogP contribution in [0.2, 0.25) is 0 Å². The number of rotatable bonds is 4. The Hall–Kier alpha value is -1.57. The van der Waals surface area contributed by atoms with E-state index in [0.29, 0.717) is 0 Å². The van der Waals surface area contributed by atoms with Crippen LogP contribution in [0.5, 0.6) is 0 Å². The van der Waals surface area contributed by atoms with Crippen molar-refractivity contribution in [1.29, 1.82) is 0 Å². The average molecular weight is 202 g/mol. The van der Waals surface area contributed by atoms with Crippen molar-refractivity contribution in [3.05, 3.63) is 42.6 Å². The second-order valence-corrected chi connectivity index (χ2v) is 3.55. The van der Waals surface area contributed by atoms with Crippen molar-refractivity contribution >= 4 is 11.4 Å². The lowest BCUT2D eigenvalue weighted by Gasteiger charge is -2.15. The number of nitrogens with zero attached hydrogens (tertiary/aromatic N) is 2. The third-order valence-corrected chi connectivity index (χ3v) is 2.26. The van der Waals surface area contributed by atoms with E-state index in [0.717, 1.165) is 17.8 Å². The highest BCUT2D eigenvalue weighted by atomic mass is 15.4. The van der Waals surface area contributed by atoms with E-state index in [1.165, 1.54) is 5.56 Å². The van der Waals surface area contributed by atoms with Gasteiger partial charge in [-0.3, -0.25) is 0 Å². The van der Waals surface area contributed by atoms with E-state index in [4.69, 9.17) is 0 Å². The number of anilines is 1. The molecular formula is C13H18N2. The maximum atomic E-state index is 4.45. The number of hydrogen-bond donors (Lipinski definition) is 0. The van der Waals surface area contributed by atoms with Gasteiger partial charge < -0.3 is 0 Å². The first-order valence-electron chi connectivity index (χ1n) is 5.20. The summed E-state index contributed by atoms with van der Waals surface area (Å²) in [6.07, 6.45) is 2.68. The molecule has 0 radical (unpaired) electrons. The molecule has 0 amide bonds. The lowest BCUT2D eigenvalue weighted by atomic mass is 10.2. The Kier molecular flexibility index (Phi) is 4.10. The molecule has 0 atom stereocenters. The SMILES string of the molecule is C=CN(/N=C(/C)CC)c1ccc(C)cc1. The topological polar surface area (TPSA) is 15.6 Å². The van der Waals surface area contributed by atoms with E-state index < -0.39 is 0 Å². The highest BCUT2D eigenvalue weighted by molar-refractivity contribution is 5.82. The van der Waals surface area contributed by atoms with Crippen molar-refractivity contribution in [1.82, 2.24) is 0 Å². The van der Waals surface area contributed by atoms with Crippen molar-refractivity contribution in [3.63, 3.8) is 0 Å². The summed E-state index contributed by atoms with van der Waals surface area (Å²) >= 11 is 0. The van der Waals surface area contributed by atoms with Gasteiger partial charge in [-0.1, -0.05) is 31.2 Å². The zero-order chi connectivity index (χ0) is 11.3. The van der Waals surface area contributed by atoms with Gasteiger partial charge in [-0.2, -0.15) is 5.10 Å². The first-order chi connectivity index (χ1) is 7.17. The minimum absolute atomic E-state index is 0.955. The van der Waals surface area contributed by atoms with Gasteiger partial charge in [0.15, 0.2) is 0 Å². The standard InChI is InChI=1S/C13H18N2/c1-5-12(4)14-15(6-2)13-9-7-11(3)8-10-13/h6-10H,2,5H2,1,3-4H3/b14-12-. The molecule has 15 heavy (non-hydrogen) atoms. The van der Waals surface area contributed by atoms with E-state index in [2.05, 4.69) is 37.7 Å². The molecule has 0 saturated carbocycles. The molecule has 0 N–H and O–H groups in total. The van der Waals surface area contributed by atoms with Crippen LogP contribution in [-0.4, -0.2) is 5.71 Å². The second-order valence-electron chi connectivity index (χ2n) is 3.55. The van der Waals surface area contributed by atoms with E-state index in [9.17, 15) is 0 Å². The molecule has 0 fully saturated rings. The monoisotopic (exact) mass is 202 g/mol. The van der Waals surface area contributed by atoms with Gasteiger partial charge in [-0.25, -0.2) is 5.01 Å². The zero-order valence-electron chi connectivity index (χ0n) is 9.70. The molecule has 2 heteroatoms. The Balaban J connectivity index is 2.92. The Morgan fingerprint density at radius 2 is 2.00 bits per heavy atom. The molecule has 0 bridgehead atoms. The fourth-order valence-corrected chi connectivity index (χ4v) is 1.16. The number of benzene rings is 1. The van der Waals surface area contributed by atoms with Crippen molar-refractivity contribution in [2.24, 2.45) is 5.10 Å². The molecule has 0 aliphatic carbocycles. The Morgan fingerprint density at radius 3 is 2.47 bits per heavy atom. The van der Waals surface area contributed by atoms with Crippen molar-refractivity contribution in [2.45, 2.75) is 27.2 Å². The van der Waals surface area contributed by atoms with E-state index in [1.807, 2.05) is 19.1 Å². The maximum Gasteiger partial charge on any atom is 0.0645 e. The molecule has 0 saturated heterocycles. The fraction of sp³-hybridized carbons (Fsp3) is 0.308. The van der Waals surface area contributed by atoms with Crippen LogP contribution >= 0.6 is 0 Å². The summed E-state index contributed by atoms with van der Waals surface area (Å²) in [5, 5.41) is 6.25. The predicted octanol–water partition coefficient (Wildman–Crippen LogP) is 3.73. The van der Waals surface area contributed by atoms with Gasteiger partial charge in [0, 0.05) is 11.9 Å². The quantitative estimate of drug-likeness (QED) is 0.536. The molecule has 0 spiro atoms. The molecule has 1 rings (SSSR count). The summed E-state index contributed by atoms with van der Waals surface area (Å²) in [5.74, 6) is 0. The summed E-state index contributed by atoms with van der Waals surface area (Å²) in [6.45, 7) is 9.95. The Morgan fingerprint density at radius 1 is 1.40 bits per heavy atom. The third-order valence-electron chi connectivity index (χ3n) is 2.26. The molecule has 1 aromatic rings. The van der Waals surface area contributed by atoms with Crippen LogP contribution in [-0.2, 0) is 0 Å². The fourth-order valence-electron chi connectivity index (χ4n) is 1.16. The molecule has 80 valence electrons. The third kappa shape index (κ3) is 3.24. The van der Waals surface area contributed by atoms with Crippen LogP contribution in [0.3, 0.4) is 0 Å². The van der Waals surface area contributed by atoms with Crippen LogP contribution in [0.15, 0.2) is 42.1 Å². The molecule has 0 unspecified atom stereocenters. The highest BCUT2D eigenvalue weighted by Gasteiger charge is 1.99. The molecular weight excluding hydrogens is 184 g/mol. The maximum absolute atomic E-state index is 4.45. The van der Waals surface area contributed by atoms with Gasteiger partial charge in [0.2, 0.25) is 0 Å². The number of hydrazone groups is 1. The number of aryl methyl sites for hydroxylation is 1. The Bertz CT molecular complexity index is 349. The summed E-state index contributed by atoms with van der Waals surface area (Å²) in [5.41, 5.74) is 3.39. The van der Waals surface area contributed by atoms with E-state index in [1.54, 1.807) is 11.2 Å². The van der Waals surface area contributed by atoms with Crippen molar-refractivity contribution in [3.8, 4) is 0 Å². The largest absolute Gasteiger partial charge is 0.242 e. The van der Waals surface area contributed by atoms with Gasteiger partial charge in [-0.05, 0) is 32.4 Å². The second kappa shape index (κ2) is 5.35. The summed E-state index contributed by atoms with van der Waals surface area (Å²) in [6, 6.07) is 8.23. The molecule has 0 aromatic heterocycles. The van der Waals surface area contributed by atoms with Crippen molar-refractivity contribution < 1.29 is 0 Å². The van der Waals surface area contributed by atoms with Gasteiger partial charge in [0.25, 0.3) is 0 Å². The van der Waals surface area contributed by atoms with Crippen LogP contribution in [0.25, 0.3) is 0 Å². The average Bonchev–Trinajstić information content (AvgIpc) is 2.27. The summed E-state index contributed by atoms with van der Waals surface area (Å²) in [7, 11) is 0. The summed E-state index contributed by atoms with van der Waals surface area (Å²) in [4.78, 5) is 0. The molecule has 2 nitrogen and oxygen atoms in total. The smallest absolute Gasteiger partial charge is 0.0645 e. The molecule has 0 aliphatic heterocycles. The predicted molar refractivity (Wildman–Crippen MR) is 67.3 cm³/mol. The minimum atomic E-state index is 0.955. The van der Waals surface area contributed by atoms with E-state index in [-0.39, 0.29) is 0 Å². The normalized spacial score (nSPS) is 11.3. The Labute approximate surface area is 91.9 Å². The highest BCUT2D eigenvalue weighted by Crippen LogP contribution is 2.15. The van der Waals surface area contributed by atoms with Crippen LogP contribution < -0.4 is 5.01 Å². The summed E-state index contributed by atoms with van der Waals surface area (Å²) < 4.78 is 0. The van der Waals surface area contributed by atoms with Gasteiger partial charge in [0.05, 0.1) is 5.69 Å². The lowest BCUT2D eigenvalue weighted by molar-refractivity contribution is 1.05. The molecule has 0 heterocycles. The van der Waals surface area contributed by atoms with Crippen LogP contribution in [0.4, 0.5) is 5.69 Å². The van der Waals surface area contributed by atoms with E-state index >= 15 is 0 Å². The van der Waals surface area contributed by atoms with Gasteiger partial charge in [0.1, 0.15) is 0 Å². The lowest BCUT2D eigenvalue weighted by Crippen LogP contribution is -2.09. The van der Waals surface area contributed by atoms with Crippen LogP contribution in [0.1, 0.15) is 25.8 Å². The number of hydrogen-bond acceptors (Lipinski definition) is 2.